The highest BCUT2D eigenvalue weighted by Gasteiger charge is 2.42. The first-order valence-corrected chi connectivity index (χ1v) is 8.37. The quantitative estimate of drug-likeness (QED) is 0.802. The molecular formula is C18H24FNO4. The standard InChI is InChI=1S/C18H24FNO4/c1-2-3-4-15(16(21)22)20-17(23)18(9-11-24-12-10-18)13-5-7-14(19)8-6-13/h5-8,15H,2-4,9-12H2,1H3,(H,20,23)(H,21,22). The normalized spacial score (nSPS) is 17.9. The maximum Gasteiger partial charge on any atom is 0.326 e. The monoisotopic (exact) mass is 337 g/mol. The molecule has 1 aliphatic heterocycles. The van der Waals surface area contributed by atoms with Gasteiger partial charge >= 0.3 is 5.97 Å². The summed E-state index contributed by atoms with van der Waals surface area (Å²) in [5.74, 6) is -1.72. The van der Waals surface area contributed by atoms with Crippen LogP contribution in [0.3, 0.4) is 0 Å². The Morgan fingerprint density at radius 3 is 2.46 bits per heavy atom. The second-order valence-corrected chi connectivity index (χ2v) is 6.21. The number of carbonyl (C=O) groups is 2. The van der Waals surface area contributed by atoms with Gasteiger partial charge in [-0.1, -0.05) is 31.9 Å². The number of amides is 1. The lowest BCUT2D eigenvalue weighted by Gasteiger charge is -2.37. The first-order valence-electron chi connectivity index (χ1n) is 8.37. The molecule has 2 N–H and O–H groups in total. The van der Waals surface area contributed by atoms with Crippen LogP contribution in [0, 0.1) is 5.82 Å². The Bertz CT molecular complexity index is 567. The minimum atomic E-state index is -1.03. The molecule has 24 heavy (non-hydrogen) atoms. The van der Waals surface area contributed by atoms with Gasteiger partial charge in [0.1, 0.15) is 11.9 Å². The van der Waals surface area contributed by atoms with Crippen molar-refractivity contribution in [1.82, 2.24) is 5.32 Å². The van der Waals surface area contributed by atoms with Gasteiger partial charge in [-0.2, -0.15) is 0 Å². The molecule has 2 rings (SSSR count). The van der Waals surface area contributed by atoms with Gasteiger partial charge in [-0.15, -0.1) is 0 Å². The zero-order valence-corrected chi connectivity index (χ0v) is 13.9. The van der Waals surface area contributed by atoms with Gasteiger partial charge in [-0.05, 0) is 37.0 Å². The number of benzene rings is 1. The SMILES string of the molecule is CCCCC(NC(=O)C1(c2ccc(F)cc2)CCOCC1)C(=O)O. The van der Waals surface area contributed by atoms with Gasteiger partial charge in [0.05, 0.1) is 5.41 Å². The van der Waals surface area contributed by atoms with Crippen LogP contribution < -0.4 is 5.32 Å². The summed E-state index contributed by atoms with van der Waals surface area (Å²) < 4.78 is 18.6. The molecule has 1 unspecified atom stereocenters. The van der Waals surface area contributed by atoms with Crippen LogP contribution in [0.5, 0.6) is 0 Å². The van der Waals surface area contributed by atoms with Crippen molar-refractivity contribution in [2.45, 2.75) is 50.5 Å². The molecule has 1 atom stereocenters. The summed E-state index contributed by atoms with van der Waals surface area (Å²) in [7, 11) is 0. The molecule has 0 bridgehead atoms. The Labute approximate surface area is 141 Å². The number of aliphatic carboxylic acids is 1. The summed E-state index contributed by atoms with van der Waals surface area (Å²) in [6, 6.07) is 4.94. The van der Waals surface area contributed by atoms with Gasteiger partial charge in [0.15, 0.2) is 0 Å². The van der Waals surface area contributed by atoms with Crippen molar-refractivity contribution in [2.24, 2.45) is 0 Å². The summed E-state index contributed by atoms with van der Waals surface area (Å²) in [6.45, 7) is 2.80. The number of unbranched alkanes of at least 4 members (excludes halogenated alkanes) is 1. The fraction of sp³-hybridized carbons (Fsp3) is 0.556. The average molecular weight is 337 g/mol. The Morgan fingerprint density at radius 2 is 1.92 bits per heavy atom. The Morgan fingerprint density at radius 1 is 1.29 bits per heavy atom. The van der Waals surface area contributed by atoms with Gasteiger partial charge in [0.2, 0.25) is 5.91 Å². The molecule has 6 heteroatoms. The maximum atomic E-state index is 13.2. The number of nitrogens with one attached hydrogen (secondary N) is 1. The third-order valence-electron chi connectivity index (χ3n) is 4.63. The lowest BCUT2D eigenvalue weighted by atomic mass is 9.73. The fourth-order valence-electron chi connectivity index (χ4n) is 3.10. The second kappa shape index (κ2) is 8.24. The zero-order chi connectivity index (χ0) is 17.6. The summed E-state index contributed by atoms with van der Waals surface area (Å²) in [5.41, 5.74) is -0.171. The molecule has 0 aliphatic carbocycles. The molecule has 5 nitrogen and oxygen atoms in total. The van der Waals surface area contributed by atoms with E-state index in [9.17, 15) is 19.1 Å². The van der Waals surface area contributed by atoms with Crippen LogP contribution in [-0.2, 0) is 19.7 Å². The lowest BCUT2D eigenvalue weighted by molar-refractivity contribution is -0.144. The number of carbonyl (C=O) groups excluding carboxylic acids is 1. The van der Waals surface area contributed by atoms with Crippen LogP contribution in [0.25, 0.3) is 0 Å². The number of halogens is 1. The maximum absolute atomic E-state index is 13.2. The highest BCUT2D eigenvalue weighted by molar-refractivity contribution is 5.91. The van der Waals surface area contributed by atoms with E-state index in [1.165, 1.54) is 12.1 Å². The molecule has 1 saturated heterocycles. The highest BCUT2D eigenvalue weighted by Crippen LogP contribution is 2.35. The predicted molar refractivity (Wildman–Crippen MR) is 87.2 cm³/mol. The van der Waals surface area contributed by atoms with E-state index >= 15 is 0 Å². The minimum absolute atomic E-state index is 0.319. The molecule has 0 aromatic heterocycles. The molecule has 1 aliphatic rings. The van der Waals surface area contributed by atoms with Gasteiger partial charge in [0, 0.05) is 13.2 Å². The fourth-order valence-corrected chi connectivity index (χ4v) is 3.10. The topological polar surface area (TPSA) is 75.6 Å². The number of rotatable bonds is 7. The molecule has 1 amide bonds. The molecule has 0 radical (unpaired) electrons. The van der Waals surface area contributed by atoms with Gasteiger partial charge in [0.25, 0.3) is 0 Å². The third-order valence-corrected chi connectivity index (χ3v) is 4.63. The van der Waals surface area contributed by atoms with Crippen LogP contribution in [0.2, 0.25) is 0 Å². The molecule has 1 aromatic carbocycles. The molecule has 0 saturated carbocycles. The van der Waals surface area contributed by atoms with E-state index in [4.69, 9.17) is 4.74 Å². The summed E-state index contributed by atoms with van der Waals surface area (Å²) in [4.78, 5) is 24.4. The van der Waals surface area contributed by atoms with Crippen molar-refractivity contribution in [2.75, 3.05) is 13.2 Å². The summed E-state index contributed by atoms with van der Waals surface area (Å²) in [5, 5.41) is 12.0. The highest BCUT2D eigenvalue weighted by atomic mass is 19.1. The van der Waals surface area contributed by atoms with Crippen molar-refractivity contribution >= 4 is 11.9 Å². The van der Waals surface area contributed by atoms with Gasteiger partial charge in [-0.3, -0.25) is 4.79 Å². The predicted octanol–water partition coefficient (Wildman–Crippen LogP) is 2.63. The number of hydrogen-bond acceptors (Lipinski definition) is 3. The van der Waals surface area contributed by atoms with Crippen molar-refractivity contribution < 1.29 is 23.8 Å². The Balaban J connectivity index is 2.24. The summed E-state index contributed by atoms with van der Waals surface area (Å²) >= 11 is 0. The smallest absolute Gasteiger partial charge is 0.326 e. The second-order valence-electron chi connectivity index (χ2n) is 6.21. The Kier molecular flexibility index (Phi) is 6.31. The van der Waals surface area contributed by atoms with E-state index in [2.05, 4.69) is 5.32 Å². The van der Waals surface area contributed by atoms with Gasteiger partial charge in [-0.25, -0.2) is 9.18 Å². The summed E-state index contributed by atoms with van der Waals surface area (Å²) in [6.07, 6.45) is 2.88. The molecule has 132 valence electrons. The molecule has 1 fully saturated rings. The largest absolute Gasteiger partial charge is 0.480 e. The van der Waals surface area contributed by atoms with Crippen LogP contribution in [-0.4, -0.2) is 36.2 Å². The van der Waals surface area contributed by atoms with E-state index in [1.807, 2.05) is 6.92 Å². The molecule has 0 spiro atoms. The van der Waals surface area contributed by atoms with Crippen molar-refractivity contribution in [3.8, 4) is 0 Å². The first kappa shape index (κ1) is 18.4. The number of carboxylic acid groups (broad SMARTS) is 1. The zero-order valence-electron chi connectivity index (χ0n) is 13.9. The van der Waals surface area contributed by atoms with E-state index in [1.54, 1.807) is 12.1 Å². The number of carboxylic acids is 1. The number of hydrogen-bond donors (Lipinski definition) is 2. The van der Waals surface area contributed by atoms with E-state index in [0.717, 1.165) is 12.8 Å². The minimum Gasteiger partial charge on any atom is -0.480 e. The van der Waals surface area contributed by atoms with E-state index in [-0.39, 0.29) is 11.7 Å². The average Bonchev–Trinajstić information content (AvgIpc) is 2.59. The molecule has 1 aromatic rings. The van der Waals surface area contributed by atoms with Crippen LogP contribution >= 0.6 is 0 Å². The number of ether oxygens (including phenoxy) is 1. The van der Waals surface area contributed by atoms with Crippen molar-refractivity contribution in [3.05, 3.63) is 35.6 Å². The third kappa shape index (κ3) is 4.12. The van der Waals surface area contributed by atoms with E-state index in [0.29, 0.717) is 38.0 Å². The molecular weight excluding hydrogens is 313 g/mol. The molecule has 1 heterocycles. The first-order chi connectivity index (χ1) is 11.5. The Hall–Kier alpha value is -1.95. The van der Waals surface area contributed by atoms with Crippen molar-refractivity contribution in [3.63, 3.8) is 0 Å². The van der Waals surface area contributed by atoms with Crippen LogP contribution in [0.4, 0.5) is 4.39 Å². The van der Waals surface area contributed by atoms with Gasteiger partial charge < -0.3 is 15.2 Å². The van der Waals surface area contributed by atoms with Crippen LogP contribution in [0.15, 0.2) is 24.3 Å². The van der Waals surface area contributed by atoms with E-state index < -0.39 is 17.4 Å². The lowest BCUT2D eigenvalue weighted by Crippen LogP contribution is -2.52. The van der Waals surface area contributed by atoms with Crippen molar-refractivity contribution in [1.29, 1.82) is 0 Å². The van der Waals surface area contributed by atoms with Crippen LogP contribution in [0.1, 0.15) is 44.6 Å².